The predicted molar refractivity (Wildman–Crippen MR) is 74.7 cm³/mol. The van der Waals surface area contributed by atoms with Crippen molar-refractivity contribution in [3.8, 4) is 0 Å². The van der Waals surface area contributed by atoms with Gasteiger partial charge >= 0.3 is 0 Å². The van der Waals surface area contributed by atoms with Crippen LogP contribution in [0.4, 0.5) is 0 Å². The first-order valence-electron chi connectivity index (χ1n) is 6.36. The molecule has 1 aromatic heterocycles. The Morgan fingerprint density at radius 2 is 1.89 bits per heavy atom. The molecule has 0 spiro atoms. The lowest BCUT2D eigenvalue weighted by molar-refractivity contribution is 0.778. The molecule has 2 heteroatoms. The molecule has 0 aliphatic carbocycles. The second-order valence-electron chi connectivity index (χ2n) is 4.59. The first-order valence-corrected chi connectivity index (χ1v) is 6.36. The third-order valence-corrected chi connectivity index (χ3v) is 3.48. The molecule has 0 fully saturated rings. The molecule has 18 heavy (non-hydrogen) atoms. The van der Waals surface area contributed by atoms with Crippen LogP contribution in [0.15, 0.2) is 54.7 Å². The second-order valence-corrected chi connectivity index (χ2v) is 4.59. The van der Waals surface area contributed by atoms with Gasteiger partial charge in [-0.05, 0) is 23.6 Å². The summed E-state index contributed by atoms with van der Waals surface area (Å²) < 4.78 is 0. The number of hydrogen-bond acceptors (Lipinski definition) is 1. The first-order chi connectivity index (χ1) is 8.88. The standard InChI is InChI=1S/C16H16N2/c1-2-15(12-6-4-3-5-7-12)13-8-9-14-11-17-18-16(14)10-13/h3-11,15H,2H2,1H3,(H,17,18)/t15-/m1/s1. The molecule has 0 amide bonds. The molecule has 0 saturated carbocycles. The van der Waals surface area contributed by atoms with Gasteiger partial charge in [-0.25, -0.2) is 0 Å². The van der Waals surface area contributed by atoms with Crippen molar-refractivity contribution in [1.82, 2.24) is 10.2 Å². The van der Waals surface area contributed by atoms with Crippen LogP contribution in [0, 0.1) is 0 Å². The summed E-state index contributed by atoms with van der Waals surface area (Å²) in [6.07, 6.45) is 2.96. The van der Waals surface area contributed by atoms with Gasteiger partial charge in [-0.15, -0.1) is 0 Å². The monoisotopic (exact) mass is 236 g/mol. The van der Waals surface area contributed by atoms with Gasteiger partial charge in [0, 0.05) is 11.3 Å². The smallest absolute Gasteiger partial charge is 0.0653 e. The minimum absolute atomic E-state index is 0.457. The summed E-state index contributed by atoms with van der Waals surface area (Å²) in [7, 11) is 0. The van der Waals surface area contributed by atoms with Crippen LogP contribution in [0.25, 0.3) is 10.9 Å². The number of H-pyrrole nitrogens is 1. The molecule has 1 N–H and O–H groups in total. The Morgan fingerprint density at radius 3 is 2.67 bits per heavy atom. The Kier molecular flexibility index (Phi) is 2.85. The molecule has 2 nitrogen and oxygen atoms in total. The maximum atomic E-state index is 4.08. The van der Waals surface area contributed by atoms with Crippen LogP contribution in [0.5, 0.6) is 0 Å². The third kappa shape index (κ3) is 1.90. The molecule has 3 rings (SSSR count). The van der Waals surface area contributed by atoms with Crippen molar-refractivity contribution >= 4 is 10.9 Å². The molecule has 3 aromatic rings. The third-order valence-electron chi connectivity index (χ3n) is 3.48. The fourth-order valence-electron chi connectivity index (χ4n) is 2.52. The average molecular weight is 236 g/mol. The molecule has 1 atom stereocenters. The number of aromatic amines is 1. The number of benzene rings is 2. The quantitative estimate of drug-likeness (QED) is 0.728. The second kappa shape index (κ2) is 4.65. The Labute approximate surface area is 107 Å². The van der Waals surface area contributed by atoms with Crippen LogP contribution in [-0.2, 0) is 0 Å². The molecular formula is C16H16N2. The highest BCUT2D eigenvalue weighted by molar-refractivity contribution is 5.78. The summed E-state index contributed by atoms with van der Waals surface area (Å²) in [6.45, 7) is 2.23. The summed E-state index contributed by atoms with van der Waals surface area (Å²) in [6, 6.07) is 17.2. The molecule has 0 bridgehead atoms. The predicted octanol–water partition coefficient (Wildman–Crippen LogP) is 4.10. The number of hydrogen-bond donors (Lipinski definition) is 1. The summed E-state index contributed by atoms with van der Waals surface area (Å²) in [4.78, 5) is 0. The fourth-order valence-corrected chi connectivity index (χ4v) is 2.52. The molecule has 0 unspecified atom stereocenters. The van der Waals surface area contributed by atoms with Crippen LogP contribution in [0.1, 0.15) is 30.4 Å². The highest BCUT2D eigenvalue weighted by Crippen LogP contribution is 2.29. The van der Waals surface area contributed by atoms with E-state index in [1.54, 1.807) is 0 Å². The van der Waals surface area contributed by atoms with Crippen LogP contribution >= 0.6 is 0 Å². The zero-order valence-electron chi connectivity index (χ0n) is 10.4. The lowest BCUT2D eigenvalue weighted by Crippen LogP contribution is -1.99. The van der Waals surface area contributed by atoms with E-state index in [0.717, 1.165) is 11.9 Å². The Hall–Kier alpha value is -2.09. The van der Waals surface area contributed by atoms with Gasteiger partial charge in [0.05, 0.1) is 11.7 Å². The van der Waals surface area contributed by atoms with Gasteiger partial charge in [0.2, 0.25) is 0 Å². The van der Waals surface area contributed by atoms with Gasteiger partial charge in [-0.3, -0.25) is 5.10 Å². The van der Waals surface area contributed by atoms with Crippen molar-refractivity contribution in [2.75, 3.05) is 0 Å². The fraction of sp³-hybridized carbons (Fsp3) is 0.188. The van der Waals surface area contributed by atoms with E-state index < -0.39 is 0 Å². The van der Waals surface area contributed by atoms with Crippen molar-refractivity contribution in [2.45, 2.75) is 19.3 Å². The van der Waals surface area contributed by atoms with Crippen molar-refractivity contribution in [3.05, 3.63) is 65.9 Å². The zero-order chi connectivity index (χ0) is 12.4. The molecular weight excluding hydrogens is 220 g/mol. The van der Waals surface area contributed by atoms with E-state index in [1.807, 2.05) is 6.20 Å². The lowest BCUT2D eigenvalue weighted by Gasteiger charge is -2.15. The van der Waals surface area contributed by atoms with Crippen LogP contribution in [0.3, 0.4) is 0 Å². The van der Waals surface area contributed by atoms with Crippen LogP contribution < -0.4 is 0 Å². The van der Waals surface area contributed by atoms with Gasteiger partial charge in [-0.2, -0.15) is 5.10 Å². The number of nitrogens with one attached hydrogen (secondary N) is 1. The summed E-state index contributed by atoms with van der Waals surface area (Å²) in [5, 5.41) is 8.28. The van der Waals surface area contributed by atoms with Crippen LogP contribution in [-0.4, -0.2) is 10.2 Å². The van der Waals surface area contributed by atoms with Crippen LogP contribution in [0.2, 0.25) is 0 Å². The van der Waals surface area contributed by atoms with Gasteiger partial charge in [0.15, 0.2) is 0 Å². The van der Waals surface area contributed by atoms with Gasteiger partial charge in [0.1, 0.15) is 0 Å². The maximum Gasteiger partial charge on any atom is 0.0653 e. The van der Waals surface area contributed by atoms with E-state index in [4.69, 9.17) is 0 Å². The number of rotatable bonds is 3. The van der Waals surface area contributed by atoms with E-state index >= 15 is 0 Å². The van der Waals surface area contributed by atoms with E-state index in [9.17, 15) is 0 Å². The topological polar surface area (TPSA) is 28.7 Å². The normalized spacial score (nSPS) is 12.7. The maximum absolute atomic E-state index is 4.08. The largest absolute Gasteiger partial charge is 0.278 e. The molecule has 0 saturated heterocycles. The van der Waals surface area contributed by atoms with E-state index in [2.05, 4.69) is 65.7 Å². The van der Waals surface area contributed by atoms with Crippen molar-refractivity contribution < 1.29 is 0 Å². The minimum atomic E-state index is 0.457. The Balaban J connectivity index is 2.05. The molecule has 0 aliphatic rings. The first kappa shape index (κ1) is 11.0. The van der Waals surface area contributed by atoms with Gasteiger partial charge in [-0.1, -0.05) is 49.4 Å². The lowest BCUT2D eigenvalue weighted by atomic mass is 9.89. The SMILES string of the molecule is CC[C@H](c1ccccc1)c1ccc2cn[nH]c2c1. The number of nitrogens with zero attached hydrogens (tertiary/aromatic N) is 1. The molecule has 2 aromatic carbocycles. The summed E-state index contributed by atoms with van der Waals surface area (Å²) in [5.41, 5.74) is 3.83. The number of aromatic nitrogens is 2. The van der Waals surface area contributed by atoms with Crippen molar-refractivity contribution in [1.29, 1.82) is 0 Å². The van der Waals surface area contributed by atoms with E-state index in [-0.39, 0.29) is 0 Å². The average Bonchev–Trinajstić information content (AvgIpc) is 2.88. The molecule has 0 radical (unpaired) electrons. The van der Waals surface area contributed by atoms with Gasteiger partial charge in [0.25, 0.3) is 0 Å². The zero-order valence-corrected chi connectivity index (χ0v) is 10.4. The molecule has 90 valence electrons. The Bertz CT molecular complexity index is 640. The highest BCUT2D eigenvalue weighted by Gasteiger charge is 2.12. The van der Waals surface area contributed by atoms with E-state index in [1.165, 1.54) is 16.5 Å². The summed E-state index contributed by atoms with van der Waals surface area (Å²) in [5.74, 6) is 0.457. The molecule has 0 aliphatic heterocycles. The number of fused-ring (bicyclic) bond motifs is 1. The minimum Gasteiger partial charge on any atom is -0.278 e. The van der Waals surface area contributed by atoms with Gasteiger partial charge < -0.3 is 0 Å². The molecule has 1 heterocycles. The van der Waals surface area contributed by atoms with Crippen molar-refractivity contribution in [2.24, 2.45) is 0 Å². The summed E-state index contributed by atoms with van der Waals surface area (Å²) >= 11 is 0. The Morgan fingerprint density at radius 1 is 1.06 bits per heavy atom. The van der Waals surface area contributed by atoms with Crippen molar-refractivity contribution in [3.63, 3.8) is 0 Å². The highest BCUT2D eigenvalue weighted by atomic mass is 15.1. The van der Waals surface area contributed by atoms with E-state index in [0.29, 0.717) is 5.92 Å².